The van der Waals surface area contributed by atoms with Crippen LogP contribution in [0.2, 0.25) is 0 Å². The second kappa shape index (κ2) is 4.50. The van der Waals surface area contributed by atoms with Crippen LogP contribution in [-0.4, -0.2) is 12.6 Å². The minimum absolute atomic E-state index is 0.137. The van der Waals surface area contributed by atoms with Gasteiger partial charge in [0.15, 0.2) is 0 Å². The monoisotopic (exact) mass is 227 g/mol. The van der Waals surface area contributed by atoms with Crippen LogP contribution in [0.3, 0.4) is 0 Å². The maximum Gasteiger partial charge on any atom is 0.0162 e. The van der Waals surface area contributed by atoms with E-state index in [9.17, 15) is 0 Å². The fourth-order valence-corrected chi connectivity index (χ4v) is 2.23. The van der Waals surface area contributed by atoms with Gasteiger partial charge in [-0.15, -0.1) is 0 Å². The van der Waals surface area contributed by atoms with E-state index in [0.29, 0.717) is 0 Å². The summed E-state index contributed by atoms with van der Waals surface area (Å²) in [6, 6.07) is 13.2. The topological polar surface area (TPSA) is 12.0 Å². The van der Waals surface area contributed by atoms with Gasteiger partial charge in [0.2, 0.25) is 0 Å². The van der Waals surface area contributed by atoms with Crippen LogP contribution in [0.1, 0.15) is 25.0 Å². The van der Waals surface area contributed by atoms with Crippen molar-refractivity contribution in [3.63, 3.8) is 0 Å². The first-order valence-electron chi connectivity index (χ1n) is 6.20. The predicted molar refractivity (Wildman–Crippen MR) is 75.5 cm³/mol. The summed E-state index contributed by atoms with van der Waals surface area (Å²) in [5.74, 6) is 0. The SMILES string of the molecule is CNC(C)(C)Cc1ccc(C)c2ccccc12. The highest BCUT2D eigenvalue weighted by Gasteiger charge is 2.16. The molecule has 0 radical (unpaired) electrons. The number of benzene rings is 2. The van der Waals surface area contributed by atoms with E-state index >= 15 is 0 Å². The highest BCUT2D eigenvalue weighted by molar-refractivity contribution is 5.88. The molecule has 2 aromatic carbocycles. The highest BCUT2D eigenvalue weighted by Crippen LogP contribution is 2.25. The third-order valence-corrected chi connectivity index (χ3v) is 3.54. The lowest BCUT2D eigenvalue weighted by Crippen LogP contribution is -2.38. The van der Waals surface area contributed by atoms with E-state index in [1.807, 2.05) is 7.05 Å². The van der Waals surface area contributed by atoms with E-state index in [1.165, 1.54) is 21.9 Å². The van der Waals surface area contributed by atoms with Gasteiger partial charge in [-0.05, 0) is 56.1 Å². The van der Waals surface area contributed by atoms with E-state index in [0.717, 1.165) is 6.42 Å². The molecule has 0 aliphatic carbocycles. The molecule has 0 spiro atoms. The predicted octanol–water partition coefficient (Wildman–Crippen LogP) is 3.69. The van der Waals surface area contributed by atoms with Gasteiger partial charge in [0.1, 0.15) is 0 Å². The second-order valence-electron chi connectivity index (χ2n) is 5.40. The van der Waals surface area contributed by atoms with Gasteiger partial charge in [0.25, 0.3) is 0 Å². The second-order valence-corrected chi connectivity index (χ2v) is 5.40. The molecule has 1 N–H and O–H groups in total. The van der Waals surface area contributed by atoms with Crippen molar-refractivity contribution in [2.75, 3.05) is 7.05 Å². The van der Waals surface area contributed by atoms with Crippen LogP contribution in [0.15, 0.2) is 36.4 Å². The van der Waals surface area contributed by atoms with Crippen LogP contribution in [-0.2, 0) is 6.42 Å². The van der Waals surface area contributed by atoms with Crippen molar-refractivity contribution in [2.24, 2.45) is 0 Å². The number of aryl methyl sites for hydroxylation is 1. The molecule has 0 atom stereocenters. The Kier molecular flexibility index (Phi) is 3.21. The van der Waals surface area contributed by atoms with Gasteiger partial charge in [-0.3, -0.25) is 0 Å². The fourth-order valence-electron chi connectivity index (χ4n) is 2.23. The standard InChI is InChI=1S/C16H21N/c1-12-9-10-13(11-16(2,3)17-4)15-8-6-5-7-14(12)15/h5-10,17H,11H2,1-4H3. The molecule has 0 aliphatic rings. The van der Waals surface area contributed by atoms with Crippen molar-refractivity contribution in [1.82, 2.24) is 5.32 Å². The van der Waals surface area contributed by atoms with Crippen molar-refractivity contribution in [1.29, 1.82) is 0 Å². The number of hydrogen-bond acceptors (Lipinski definition) is 1. The van der Waals surface area contributed by atoms with Gasteiger partial charge in [-0.25, -0.2) is 0 Å². The molecule has 0 saturated carbocycles. The summed E-state index contributed by atoms with van der Waals surface area (Å²) < 4.78 is 0. The van der Waals surface area contributed by atoms with Gasteiger partial charge in [-0.1, -0.05) is 36.4 Å². The first kappa shape index (κ1) is 12.1. The molecule has 2 rings (SSSR count). The summed E-state index contributed by atoms with van der Waals surface area (Å²) in [7, 11) is 2.02. The third-order valence-electron chi connectivity index (χ3n) is 3.54. The smallest absolute Gasteiger partial charge is 0.0162 e. The molecule has 0 heterocycles. The zero-order valence-corrected chi connectivity index (χ0v) is 11.2. The lowest BCUT2D eigenvalue weighted by molar-refractivity contribution is 0.423. The Labute approximate surface area is 104 Å². The molecule has 0 aliphatic heterocycles. The fraction of sp³-hybridized carbons (Fsp3) is 0.375. The molecule has 90 valence electrons. The highest BCUT2D eigenvalue weighted by atomic mass is 14.9. The summed E-state index contributed by atoms with van der Waals surface area (Å²) in [4.78, 5) is 0. The molecule has 0 fully saturated rings. The van der Waals surface area contributed by atoms with Crippen molar-refractivity contribution in [3.05, 3.63) is 47.5 Å². The molecular weight excluding hydrogens is 206 g/mol. The lowest BCUT2D eigenvalue weighted by Gasteiger charge is -2.25. The number of nitrogens with one attached hydrogen (secondary N) is 1. The zero-order chi connectivity index (χ0) is 12.5. The Bertz CT molecular complexity index is 526. The minimum Gasteiger partial charge on any atom is -0.314 e. The van der Waals surface area contributed by atoms with Crippen LogP contribution in [0.25, 0.3) is 10.8 Å². The Morgan fingerprint density at radius 1 is 1.00 bits per heavy atom. The van der Waals surface area contributed by atoms with Crippen LogP contribution in [0.4, 0.5) is 0 Å². The summed E-state index contributed by atoms with van der Waals surface area (Å²) >= 11 is 0. The van der Waals surface area contributed by atoms with E-state index in [2.05, 4.69) is 62.5 Å². The van der Waals surface area contributed by atoms with Gasteiger partial charge in [-0.2, -0.15) is 0 Å². The Hall–Kier alpha value is -1.34. The molecule has 0 aromatic heterocycles. The average molecular weight is 227 g/mol. The van der Waals surface area contributed by atoms with Crippen LogP contribution in [0.5, 0.6) is 0 Å². The van der Waals surface area contributed by atoms with Gasteiger partial charge in [0.05, 0.1) is 0 Å². The molecule has 1 heteroatoms. The number of hydrogen-bond donors (Lipinski definition) is 1. The van der Waals surface area contributed by atoms with Crippen LogP contribution < -0.4 is 5.32 Å². The van der Waals surface area contributed by atoms with Crippen molar-refractivity contribution in [3.8, 4) is 0 Å². The molecule has 2 aromatic rings. The van der Waals surface area contributed by atoms with E-state index in [4.69, 9.17) is 0 Å². The molecule has 1 nitrogen and oxygen atoms in total. The summed E-state index contributed by atoms with van der Waals surface area (Å²) in [6.07, 6.45) is 1.05. The van der Waals surface area contributed by atoms with Gasteiger partial charge in [0, 0.05) is 5.54 Å². The molecule has 0 amide bonds. The van der Waals surface area contributed by atoms with Crippen molar-refractivity contribution >= 4 is 10.8 Å². The Morgan fingerprint density at radius 2 is 1.65 bits per heavy atom. The quantitative estimate of drug-likeness (QED) is 0.843. The zero-order valence-electron chi connectivity index (χ0n) is 11.2. The molecule has 17 heavy (non-hydrogen) atoms. The maximum absolute atomic E-state index is 3.37. The molecular formula is C16H21N. The molecule has 0 bridgehead atoms. The minimum atomic E-state index is 0.137. The lowest BCUT2D eigenvalue weighted by atomic mass is 9.90. The third kappa shape index (κ3) is 2.50. The maximum atomic E-state index is 3.37. The van der Waals surface area contributed by atoms with Gasteiger partial charge >= 0.3 is 0 Å². The van der Waals surface area contributed by atoms with E-state index in [1.54, 1.807) is 0 Å². The van der Waals surface area contributed by atoms with E-state index < -0.39 is 0 Å². The first-order valence-corrected chi connectivity index (χ1v) is 6.20. The summed E-state index contributed by atoms with van der Waals surface area (Å²) in [5.41, 5.74) is 2.91. The van der Waals surface area contributed by atoms with E-state index in [-0.39, 0.29) is 5.54 Å². The summed E-state index contributed by atoms with van der Waals surface area (Å²) in [6.45, 7) is 6.65. The normalized spacial score (nSPS) is 12.0. The number of fused-ring (bicyclic) bond motifs is 1. The van der Waals surface area contributed by atoms with Crippen LogP contribution >= 0.6 is 0 Å². The van der Waals surface area contributed by atoms with Crippen molar-refractivity contribution < 1.29 is 0 Å². The molecule has 0 saturated heterocycles. The number of rotatable bonds is 3. The Morgan fingerprint density at radius 3 is 2.29 bits per heavy atom. The first-order chi connectivity index (χ1) is 8.03. The number of likely N-dealkylation sites (N-methyl/N-ethyl adjacent to an activating group) is 1. The van der Waals surface area contributed by atoms with Crippen molar-refractivity contribution in [2.45, 2.75) is 32.7 Å². The van der Waals surface area contributed by atoms with Crippen LogP contribution in [0, 0.1) is 6.92 Å². The molecule has 0 unspecified atom stereocenters. The average Bonchev–Trinajstić information content (AvgIpc) is 2.33. The largest absolute Gasteiger partial charge is 0.314 e. The Balaban J connectivity index is 2.52. The summed E-state index contributed by atoms with van der Waals surface area (Å²) in [5, 5.41) is 6.13. The van der Waals surface area contributed by atoms with Gasteiger partial charge < -0.3 is 5.32 Å².